The van der Waals surface area contributed by atoms with Crippen LogP contribution in [-0.4, -0.2) is 16.2 Å². The molecule has 0 aliphatic carbocycles. The van der Waals surface area contributed by atoms with Crippen LogP contribution in [0.4, 0.5) is 13.2 Å². The molecule has 8 heteroatoms. The van der Waals surface area contributed by atoms with E-state index in [9.17, 15) is 27.9 Å². The predicted molar refractivity (Wildman–Crippen MR) is 81.5 cm³/mol. The summed E-state index contributed by atoms with van der Waals surface area (Å²) in [6, 6.07) is 7.64. The van der Waals surface area contributed by atoms with E-state index in [4.69, 9.17) is 9.52 Å². The van der Waals surface area contributed by atoms with E-state index in [2.05, 4.69) is 0 Å². The molecule has 1 heterocycles. The molecule has 0 fully saturated rings. The zero-order valence-corrected chi connectivity index (χ0v) is 12.3. The smallest absolute Gasteiger partial charge is 0.450 e. The van der Waals surface area contributed by atoms with Crippen LogP contribution in [0.2, 0.25) is 0 Å². The van der Waals surface area contributed by atoms with E-state index >= 15 is 0 Å². The molecular formula is C17H9F3O5. The van der Waals surface area contributed by atoms with Gasteiger partial charge in [-0.3, -0.25) is 4.79 Å². The van der Waals surface area contributed by atoms with Crippen molar-refractivity contribution in [3.63, 3.8) is 0 Å². The monoisotopic (exact) mass is 350 g/mol. The molecule has 1 aromatic heterocycles. The average molecular weight is 350 g/mol. The summed E-state index contributed by atoms with van der Waals surface area (Å²) < 4.78 is 44.9. The summed E-state index contributed by atoms with van der Waals surface area (Å²) in [5, 5.41) is 18.1. The lowest BCUT2D eigenvalue weighted by molar-refractivity contribution is -0.152. The van der Waals surface area contributed by atoms with Crippen LogP contribution >= 0.6 is 0 Å². The highest BCUT2D eigenvalue weighted by Gasteiger charge is 2.39. The topological polar surface area (TPSA) is 87.7 Å². The van der Waals surface area contributed by atoms with E-state index in [0.29, 0.717) is 0 Å². The first-order chi connectivity index (χ1) is 11.7. The van der Waals surface area contributed by atoms with Gasteiger partial charge in [0, 0.05) is 6.07 Å². The van der Waals surface area contributed by atoms with Crippen LogP contribution < -0.4 is 5.43 Å². The van der Waals surface area contributed by atoms with Gasteiger partial charge < -0.3 is 14.6 Å². The number of alkyl halides is 3. The number of phenols is 1. The molecule has 2 N–H and O–H groups in total. The summed E-state index contributed by atoms with van der Waals surface area (Å²) >= 11 is 0. The fraction of sp³-hybridized carbons (Fsp3) is 0.0588. The fourth-order valence-electron chi connectivity index (χ4n) is 2.42. The number of benzene rings is 2. The van der Waals surface area contributed by atoms with E-state index in [-0.39, 0.29) is 22.3 Å². The minimum atomic E-state index is -4.96. The molecule has 2 aromatic carbocycles. The Morgan fingerprint density at radius 2 is 1.68 bits per heavy atom. The van der Waals surface area contributed by atoms with Gasteiger partial charge in [-0.2, -0.15) is 13.2 Å². The number of hydrogen-bond donors (Lipinski definition) is 2. The maximum absolute atomic E-state index is 13.4. The van der Waals surface area contributed by atoms with Crippen LogP contribution in [0.1, 0.15) is 16.1 Å². The number of carboxylic acids is 1. The van der Waals surface area contributed by atoms with Crippen LogP contribution in [0.3, 0.4) is 0 Å². The molecular weight excluding hydrogens is 341 g/mol. The molecule has 25 heavy (non-hydrogen) atoms. The van der Waals surface area contributed by atoms with Gasteiger partial charge in [-0.05, 0) is 29.8 Å². The maximum Gasteiger partial charge on any atom is 0.450 e. The Morgan fingerprint density at radius 3 is 2.24 bits per heavy atom. The largest absolute Gasteiger partial charge is 0.508 e. The van der Waals surface area contributed by atoms with E-state index in [0.717, 1.165) is 42.5 Å². The van der Waals surface area contributed by atoms with Crippen LogP contribution in [0.25, 0.3) is 22.1 Å². The van der Waals surface area contributed by atoms with Crippen LogP contribution in [0, 0.1) is 0 Å². The summed E-state index contributed by atoms with van der Waals surface area (Å²) in [5.74, 6) is -3.11. The van der Waals surface area contributed by atoms with Gasteiger partial charge in [-0.1, -0.05) is 12.1 Å². The van der Waals surface area contributed by atoms with E-state index in [1.807, 2.05) is 0 Å². The molecule has 3 rings (SSSR count). The Hall–Kier alpha value is -3.29. The minimum Gasteiger partial charge on any atom is -0.508 e. The molecule has 5 nitrogen and oxygen atoms in total. The summed E-state index contributed by atoms with van der Waals surface area (Å²) in [7, 11) is 0. The third kappa shape index (κ3) is 2.93. The van der Waals surface area contributed by atoms with Crippen LogP contribution in [0.5, 0.6) is 5.75 Å². The first kappa shape index (κ1) is 16.6. The van der Waals surface area contributed by atoms with Gasteiger partial charge in [0.2, 0.25) is 11.2 Å². The molecule has 0 atom stereocenters. The van der Waals surface area contributed by atoms with Crippen molar-refractivity contribution in [2.24, 2.45) is 0 Å². The van der Waals surface area contributed by atoms with Gasteiger partial charge >= 0.3 is 12.1 Å². The Bertz CT molecular complexity index is 1030. The second-order valence-electron chi connectivity index (χ2n) is 5.20. The fourth-order valence-corrected chi connectivity index (χ4v) is 2.42. The molecule has 0 unspecified atom stereocenters. The lowest BCUT2D eigenvalue weighted by atomic mass is 10.0. The number of halogens is 3. The average Bonchev–Trinajstić information content (AvgIpc) is 2.53. The van der Waals surface area contributed by atoms with Crippen molar-refractivity contribution in [2.45, 2.75) is 6.18 Å². The Balaban J connectivity index is 2.36. The lowest BCUT2D eigenvalue weighted by Gasteiger charge is -2.13. The molecule has 0 aliphatic heterocycles. The van der Waals surface area contributed by atoms with Crippen molar-refractivity contribution in [3.05, 3.63) is 64.0 Å². The standard InChI is InChI=1S/C17H9F3O5/c18-17(19,20)15-13(8-1-3-9(4-2-8)16(23)24)14(22)11-6-5-10(21)7-12(11)25-15/h1-7,21H,(H,23,24). The van der Waals surface area contributed by atoms with E-state index in [1.54, 1.807) is 0 Å². The highest BCUT2D eigenvalue weighted by molar-refractivity contribution is 5.89. The van der Waals surface area contributed by atoms with Gasteiger partial charge in [-0.25, -0.2) is 4.79 Å². The highest BCUT2D eigenvalue weighted by atomic mass is 19.4. The number of aromatic hydroxyl groups is 1. The number of fused-ring (bicyclic) bond motifs is 1. The first-order valence-corrected chi connectivity index (χ1v) is 6.89. The summed E-state index contributed by atoms with van der Waals surface area (Å²) in [4.78, 5) is 23.4. The van der Waals surface area contributed by atoms with Crippen molar-refractivity contribution >= 4 is 16.9 Å². The molecule has 0 amide bonds. The molecule has 0 saturated heterocycles. The number of phenolic OH excluding ortho intramolecular Hbond substituents is 1. The number of hydrogen-bond acceptors (Lipinski definition) is 4. The quantitative estimate of drug-likeness (QED) is 0.732. The Morgan fingerprint density at radius 1 is 1.04 bits per heavy atom. The first-order valence-electron chi connectivity index (χ1n) is 6.89. The molecule has 0 saturated carbocycles. The highest BCUT2D eigenvalue weighted by Crippen LogP contribution is 2.37. The predicted octanol–water partition coefficient (Wildman–Crippen LogP) is 3.88. The van der Waals surface area contributed by atoms with Gasteiger partial charge in [0.1, 0.15) is 11.3 Å². The van der Waals surface area contributed by atoms with Gasteiger partial charge in [0.25, 0.3) is 0 Å². The zero-order valence-electron chi connectivity index (χ0n) is 12.3. The molecule has 3 aromatic rings. The van der Waals surface area contributed by atoms with Gasteiger partial charge in [0.05, 0.1) is 16.5 Å². The SMILES string of the molecule is O=C(O)c1ccc(-c2c(C(F)(F)F)oc3cc(O)ccc3c2=O)cc1. The van der Waals surface area contributed by atoms with Crippen molar-refractivity contribution in [3.8, 4) is 16.9 Å². The maximum atomic E-state index is 13.4. The zero-order chi connectivity index (χ0) is 18.4. The number of carbonyl (C=O) groups is 1. The van der Waals surface area contributed by atoms with Crippen LogP contribution in [-0.2, 0) is 6.18 Å². The lowest BCUT2D eigenvalue weighted by Crippen LogP contribution is -2.16. The molecule has 0 aliphatic rings. The number of carboxylic acid groups (broad SMARTS) is 1. The second kappa shape index (κ2) is 5.66. The molecule has 0 radical (unpaired) electrons. The summed E-state index contributed by atoms with van der Waals surface area (Å²) in [6.07, 6.45) is -4.96. The minimum absolute atomic E-state index is 0.124. The second-order valence-corrected chi connectivity index (χ2v) is 5.20. The van der Waals surface area contributed by atoms with Crippen molar-refractivity contribution in [2.75, 3.05) is 0 Å². The normalized spacial score (nSPS) is 11.6. The Labute approximate surface area is 137 Å². The molecule has 128 valence electrons. The van der Waals surface area contributed by atoms with E-state index in [1.165, 1.54) is 0 Å². The molecule has 0 spiro atoms. The van der Waals surface area contributed by atoms with Crippen molar-refractivity contribution in [1.82, 2.24) is 0 Å². The van der Waals surface area contributed by atoms with Crippen molar-refractivity contribution in [1.29, 1.82) is 0 Å². The van der Waals surface area contributed by atoms with Crippen molar-refractivity contribution < 1.29 is 32.6 Å². The molecule has 0 bridgehead atoms. The Kier molecular flexibility index (Phi) is 3.75. The third-order valence-electron chi connectivity index (χ3n) is 3.55. The summed E-state index contributed by atoms with van der Waals surface area (Å²) in [5.41, 5.74) is -2.31. The third-order valence-corrected chi connectivity index (χ3v) is 3.55. The number of rotatable bonds is 2. The number of aromatic carboxylic acids is 1. The van der Waals surface area contributed by atoms with E-state index < -0.39 is 34.5 Å². The van der Waals surface area contributed by atoms with Crippen LogP contribution in [0.15, 0.2) is 51.7 Å². The van der Waals surface area contributed by atoms with Gasteiger partial charge in [-0.15, -0.1) is 0 Å². The van der Waals surface area contributed by atoms with Gasteiger partial charge in [0.15, 0.2) is 0 Å². The summed E-state index contributed by atoms with van der Waals surface area (Å²) in [6.45, 7) is 0.